The minimum atomic E-state index is -1.00. The molecule has 0 spiro atoms. The fraction of sp³-hybridized carbons (Fsp3) is 0.533. The second-order valence-electron chi connectivity index (χ2n) is 5.61. The molecule has 0 saturated heterocycles. The average Bonchev–Trinajstić information content (AvgIpc) is 2.98. The summed E-state index contributed by atoms with van der Waals surface area (Å²) >= 11 is 1.71. The van der Waals surface area contributed by atoms with Gasteiger partial charge in [-0.3, -0.25) is 0 Å². The van der Waals surface area contributed by atoms with Gasteiger partial charge in [-0.1, -0.05) is 13.8 Å². The predicted molar refractivity (Wildman–Crippen MR) is 80.9 cm³/mol. The molecule has 2 aromatic rings. The maximum Gasteiger partial charge on any atom is 0.136 e. The molecule has 4 nitrogen and oxygen atoms in total. The molecule has 1 unspecified atom stereocenters. The normalized spacial score (nSPS) is 14.7. The number of hydrogen-bond donors (Lipinski definition) is 2. The van der Waals surface area contributed by atoms with Gasteiger partial charge in [0.15, 0.2) is 0 Å². The predicted octanol–water partition coefficient (Wildman–Crippen LogP) is 3.17. The van der Waals surface area contributed by atoms with Crippen LogP contribution in [-0.2, 0) is 12.1 Å². The van der Waals surface area contributed by atoms with Crippen molar-refractivity contribution in [3.8, 4) is 0 Å². The lowest BCUT2D eigenvalue weighted by Gasteiger charge is -2.21. The molecular weight excluding hydrogens is 272 g/mol. The summed E-state index contributed by atoms with van der Waals surface area (Å²) in [4.78, 5) is 5.57. The van der Waals surface area contributed by atoms with Crippen molar-refractivity contribution in [1.82, 2.24) is 10.3 Å². The maximum absolute atomic E-state index is 10.4. The number of rotatable bonds is 6. The molecule has 1 atom stereocenters. The van der Waals surface area contributed by atoms with E-state index in [9.17, 15) is 5.11 Å². The van der Waals surface area contributed by atoms with Gasteiger partial charge in [-0.25, -0.2) is 4.98 Å². The smallest absolute Gasteiger partial charge is 0.136 e. The third kappa shape index (κ3) is 3.69. The molecule has 2 rings (SSSR count). The fourth-order valence-corrected chi connectivity index (χ4v) is 2.80. The van der Waals surface area contributed by atoms with E-state index >= 15 is 0 Å². The van der Waals surface area contributed by atoms with Crippen LogP contribution in [0.2, 0.25) is 0 Å². The molecule has 0 aliphatic rings. The Bertz CT molecular complexity index is 558. The Hall–Kier alpha value is -1.17. The highest BCUT2D eigenvalue weighted by atomic mass is 32.1. The van der Waals surface area contributed by atoms with E-state index in [4.69, 9.17) is 4.42 Å². The number of nitrogens with one attached hydrogen (secondary N) is 1. The Morgan fingerprint density at radius 1 is 1.45 bits per heavy atom. The van der Waals surface area contributed by atoms with Crippen LogP contribution < -0.4 is 5.32 Å². The molecule has 0 amide bonds. The van der Waals surface area contributed by atoms with E-state index in [0.29, 0.717) is 24.8 Å². The third-order valence-corrected chi connectivity index (χ3v) is 4.40. The number of hydrogen-bond acceptors (Lipinski definition) is 5. The lowest BCUT2D eigenvalue weighted by Crippen LogP contribution is -2.34. The summed E-state index contributed by atoms with van der Waals surface area (Å²) in [6, 6.07) is 3.68. The quantitative estimate of drug-likeness (QED) is 0.859. The molecule has 0 aliphatic carbocycles. The molecule has 0 fully saturated rings. The van der Waals surface area contributed by atoms with Crippen molar-refractivity contribution in [3.05, 3.63) is 39.7 Å². The summed E-state index contributed by atoms with van der Waals surface area (Å²) < 4.78 is 5.49. The molecule has 0 bridgehead atoms. The molecule has 0 aliphatic heterocycles. The van der Waals surface area contributed by atoms with E-state index in [0.717, 1.165) is 10.8 Å². The van der Waals surface area contributed by atoms with E-state index in [1.807, 2.05) is 25.3 Å². The summed E-state index contributed by atoms with van der Waals surface area (Å²) in [5.41, 5.74) is -1.00. The zero-order valence-corrected chi connectivity index (χ0v) is 13.3. The van der Waals surface area contributed by atoms with Crippen LogP contribution in [0.3, 0.4) is 0 Å². The van der Waals surface area contributed by atoms with Crippen molar-refractivity contribution < 1.29 is 9.52 Å². The van der Waals surface area contributed by atoms with Gasteiger partial charge in [0, 0.05) is 30.1 Å². The van der Waals surface area contributed by atoms with Crippen LogP contribution >= 0.6 is 11.3 Å². The van der Waals surface area contributed by atoms with Crippen molar-refractivity contribution >= 4 is 11.3 Å². The van der Waals surface area contributed by atoms with Crippen molar-refractivity contribution in [3.63, 3.8) is 0 Å². The van der Waals surface area contributed by atoms with E-state index < -0.39 is 5.60 Å². The average molecular weight is 294 g/mol. The first-order valence-electron chi connectivity index (χ1n) is 6.83. The minimum Gasteiger partial charge on any atom is -0.463 e. The summed E-state index contributed by atoms with van der Waals surface area (Å²) in [7, 11) is 0. The van der Waals surface area contributed by atoms with Crippen LogP contribution in [0.4, 0.5) is 0 Å². The van der Waals surface area contributed by atoms with Gasteiger partial charge in [-0.2, -0.15) is 0 Å². The number of aromatic nitrogens is 1. The highest BCUT2D eigenvalue weighted by Crippen LogP contribution is 2.23. The zero-order chi connectivity index (χ0) is 14.8. The Balaban J connectivity index is 1.88. The summed E-state index contributed by atoms with van der Waals surface area (Å²) in [6.07, 6.45) is 1.90. The highest BCUT2D eigenvalue weighted by Gasteiger charge is 2.26. The number of aryl methyl sites for hydroxylation is 1. The summed E-state index contributed by atoms with van der Waals surface area (Å²) in [6.45, 7) is 9.05. The van der Waals surface area contributed by atoms with Crippen molar-refractivity contribution in [2.75, 3.05) is 6.54 Å². The molecule has 20 heavy (non-hydrogen) atoms. The van der Waals surface area contributed by atoms with Gasteiger partial charge in [-0.05, 0) is 26.0 Å². The van der Waals surface area contributed by atoms with Crippen LogP contribution in [0.5, 0.6) is 0 Å². The van der Waals surface area contributed by atoms with Crippen LogP contribution in [0.1, 0.15) is 48.1 Å². The second-order valence-corrected chi connectivity index (χ2v) is 6.75. The molecule has 0 aromatic carbocycles. The van der Waals surface area contributed by atoms with Gasteiger partial charge in [0.25, 0.3) is 0 Å². The van der Waals surface area contributed by atoms with Gasteiger partial charge in [0.2, 0.25) is 0 Å². The summed E-state index contributed by atoms with van der Waals surface area (Å²) in [5, 5.41) is 14.8. The van der Waals surface area contributed by atoms with Crippen LogP contribution in [0, 0.1) is 6.92 Å². The largest absolute Gasteiger partial charge is 0.463 e. The molecule has 2 aromatic heterocycles. The van der Waals surface area contributed by atoms with Gasteiger partial charge < -0.3 is 14.8 Å². The van der Waals surface area contributed by atoms with E-state index in [2.05, 4.69) is 24.1 Å². The monoisotopic (exact) mass is 294 g/mol. The SMILES string of the molecule is Cc1ccc(C(C)(O)CNCc2cnc(C(C)C)s2)o1. The lowest BCUT2D eigenvalue weighted by molar-refractivity contribution is 0.0333. The second kappa shape index (κ2) is 6.08. The highest BCUT2D eigenvalue weighted by molar-refractivity contribution is 7.11. The Labute approximate surface area is 123 Å². The number of thiazole rings is 1. The molecule has 2 heterocycles. The fourth-order valence-electron chi connectivity index (χ4n) is 1.91. The summed E-state index contributed by atoms with van der Waals surface area (Å²) in [5.74, 6) is 1.86. The van der Waals surface area contributed by atoms with Gasteiger partial charge >= 0.3 is 0 Å². The first-order valence-corrected chi connectivity index (χ1v) is 7.65. The Morgan fingerprint density at radius 3 is 2.75 bits per heavy atom. The van der Waals surface area contributed by atoms with Crippen LogP contribution in [0.25, 0.3) is 0 Å². The molecule has 0 saturated carbocycles. The molecule has 0 radical (unpaired) electrons. The first kappa shape index (κ1) is 15.2. The maximum atomic E-state index is 10.4. The topological polar surface area (TPSA) is 58.3 Å². The van der Waals surface area contributed by atoms with Gasteiger partial charge in [0.1, 0.15) is 17.1 Å². The van der Waals surface area contributed by atoms with Crippen LogP contribution in [-0.4, -0.2) is 16.6 Å². The Morgan fingerprint density at radius 2 is 2.20 bits per heavy atom. The van der Waals surface area contributed by atoms with Gasteiger partial charge in [0.05, 0.1) is 5.01 Å². The van der Waals surface area contributed by atoms with Crippen molar-refractivity contribution in [2.45, 2.75) is 45.8 Å². The molecular formula is C15H22N2O2S. The van der Waals surface area contributed by atoms with E-state index in [-0.39, 0.29) is 0 Å². The number of furan rings is 1. The number of aliphatic hydroxyl groups is 1. The van der Waals surface area contributed by atoms with E-state index in [1.165, 1.54) is 4.88 Å². The van der Waals surface area contributed by atoms with Crippen molar-refractivity contribution in [2.24, 2.45) is 0 Å². The van der Waals surface area contributed by atoms with Crippen molar-refractivity contribution in [1.29, 1.82) is 0 Å². The van der Waals surface area contributed by atoms with E-state index in [1.54, 1.807) is 18.3 Å². The molecule has 110 valence electrons. The number of nitrogens with zero attached hydrogens (tertiary/aromatic N) is 1. The molecule has 5 heteroatoms. The Kier molecular flexibility index (Phi) is 4.62. The zero-order valence-electron chi connectivity index (χ0n) is 12.4. The van der Waals surface area contributed by atoms with Crippen LogP contribution in [0.15, 0.2) is 22.7 Å². The van der Waals surface area contributed by atoms with Gasteiger partial charge in [-0.15, -0.1) is 11.3 Å². The first-order chi connectivity index (χ1) is 9.38. The minimum absolute atomic E-state index is 0.439. The third-order valence-electron chi connectivity index (χ3n) is 3.10. The standard InChI is InChI=1S/C15H22N2O2S/c1-10(2)14-17-8-12(20-14)7-16-9-15(4,18)13-6-5-11(3)19-13/h5-6,8,10,16,18H,7,9H2,1-4H3. The lowest BCUT2D eigenvalue weighted by atomic mass is 10.0. The molecule has 2 N–H and O–H groups in total.